The summed E-state index contributed by atoms with van der Waals surface area (Å²) in [6, 6.07) is 15.2. The van der Waals surface area contributed by atoms with Gasteiger partial charge < -0.3 is 5.32 Å². The smallest absolute Gasteiger partial charge is 0.242 e. The van der Waals surface area contributed by atoms with E-state index in [-0.39, 0.29) is 18.0 Å². The summed E-state index contributed by atoms with van der Waals surface area (Å²) in [6.07, 6.45) is -0.0457. The summed E-state index contributed by atoms with van der Waals surface area (Å²) in [5.41, 5.74) is 0.843. The molecule has 1 saturated heterocycles. The van der Waals surface area contributed by atoms with E-state index >= 15 is 0 Å². The molecule has 0 saturated carbocycles. The predicted octanol–water partition coefficient (Wildman–Crippen LogP) is 3.42. The van der Waals surface area contributed by atoms with Gasteiger partial charge >= 0.3 is 0 Å². The van der Waals surface area contributed by atoms with Crippen LogP contribution in [0, 0.1) is 5.82 Å². The third-order valence-corrected chi connectivity index (χ3v) is 4.87. The number of anilines is 1. The van der Waals surface area contributed by atoms with Crippen molar-refractivity contribution in [1.29, 1.82) is 0 Å². The van der Waals surface area contributed by atoms with Gasteiger partial charge in [-0.15, -0.1) is 0 Å². The molecule has 1 fully saturated rings. The summed E-state index contributed by atoms with van der Waals surface area (Å²) in [5.74, 6) is -1.11. The first-order chi connectivity index (χ1) is 12.0. The molecule has 128 valence electrons. The maximum atomic E-state index is 13.6. The van der Waals surface area contributed by atoms with Gasteiger partial charge in [0.05, 0.1) is 11.4 Å². The van der Waals surface area contributed by atoms with E-state index in [2.05, 4.69) is 10.3 Å². The quantitative estimate of drug-likeness (QED) is 0.912. The van der Waals surface area contributed by atoms with Crippen LogP contribution in [0.2, 0.25) is 0 Å². The molecule has 0 aliphatic carbocycles. The zero-order valence-electron chi connectivity index (χ0n) is 13.5. The van der Waals surface area contributed by atoms with Gasteiger partial charge in [-0.1, -0.05) is 42.1 Å². The van der Waals surface area contributed by atoms with Gasteiger partial charge in [-0.05, 0) is 24.3 Å². The molecular weight excluding hydrogens is 341 g/mol. The van der Waals surface area contributed by atoms with E-state index in [0.717, 1.165) is 5.69 Å². The van der Waals surface area contributed by atoms with Crippen LogP contribution in [0.25, 0.3) is 0 Å². The van der Waals surface area contributed by atoms with Crippen molar-refractivity contribution in [2.45, 2.75) is 11.7 Å². The first kappa shape index (κ1) is 17.2. The number of hydrogen-bond acceptors (Lipinski definition) is 4. The van der Waals surface area contributed by atoms with Crippen molar-refractivity contribution in [1.82, 2.24) is 4.90 Å². The number of benzene rings is 2. The van der Waals surface area contributed by atoms with Crippen LogP contribution in [0.4, 0.5) is 15.8 Å². The number of para-hydroxylation sites is 2. The molecule has 0 aromatic heterocycles. The van der Waals surface area contributed by atoms with Crippen molar-refractivity contribution in [3.63, 3.8) is 0 Å². The number of nitrogens with one attached hydrogen (secondary N) is 1. The molecule has 1 aliphatic rings. The molecule has 1 N–H and O–H groups in total. The minimum absolute atomic E-state index is 0.0457. The van der Waals surface area contributed by atoms with E-state index < -0.39 is 17.0 Å². The summed E-state index contributed by atoms with van der Waals surface area (Å²) in [4.78, 5) is 30.3. The molecule has 5 nitrogen and oxygen atoms in total. The van der Waals surface area contributed by atoms with Crippen LogP contribution in [0.15, 0.2) is 59.6 Å². The lowest BCUT2D eigenvalue weighted by Gasteiger charge is -2.09. The minimum Gasteiger partial charge on any atom is -0.324 e. The molecule has 0 spiro atoms. The summed E-state index contributed by atoms with van der Waals surface area (Å²) >= 11 is 1.24. The number of carbonyl (C=O) groups excluding carboxylic acids is 2. The topological polar surface area (TPSA) is 61.8 Å². The second-order valence-electron chi connectivity index (χ2n) is 5.47. The number of hydrogen-bond donors (Lipinski definition) is 1. The Morgan fingerprint density at radius 3 is 2.60 bits per heavy atom. The summed E-state index contributed by atoms with van der Waals surface area (Å²) < 4.78 is 13.6. The lowest BCUT2D eigenvalue weighted by molar-refractivity contribution is -0.127. The Hall–Kier alpha value is -2.67. The molecule has 2 aromatic carbocycles. The van der Waals surface area contributed by atoms with E-state index in [1.807, 2.05) is 30.3 Å². The Morgan fingerprint density at radius 2 is 1.88 bits per heavy atom. The van der Waals surface area contributed by atoms with Gasteiger partial charge in [-0.3, -0.25) is 14.5 Å². The molecule has 25 heavy (non-hydrogen) atoms. The summed E-state index contributed by atoms with van der Waals surface area (Å²) in [5, 5.41) is 2.47. The van der Waals surface area contributed by atoms with Gasteiger partial charge in [-0.25, -0.2) is 9.38 Å². The number of amides is 2. The fourth-order valence-electron chi connectivity index (χ4n) is 2.34. The van der Waals surface area contributed by atoms with Crippen LogP contribution in [-0.4, -0.2) is 34.2 Å². The van der Waals surface area contributed by atoms with Crippen molar-refractivity contribution in [3.8, 4) is 0 Å². The van der Waals surface area contributed by atoms with Crippen LogP contribution >= 0.6 is 11.8 Å². The Balaban J connectivity index is 1.67. The molecule has 2 aromatic rings. The largest absolute Gasteiger partial charge is 0.324 e. The summed E-state index contributed by atoms with van der Waals surface area (Å²) in [6.45, 7) is 0. The van der Waals surface area contributed by atoms with Gasteiger partial charge in [-0.2, -0.15) is 0 Å². The van der Waals surface area contributed by atoms with Crippen molar-refractivity contribution < 1.29 is 14.0 Å². The number of rotatable bonds is 4. The van der Waals surface area contributed by atoms with Crippen LogP contribution in [0.3, 0.4) is 0 Å². The number of carbonyl (C=O) groups is 2. The Labute approximate surface area is 148 Å². The second kappa shape index (κ2) is 7.48. The molecule has 0 bridgehead atoms. The van der Waals surface area contributed by atoms with Gasteiger partial charge in [0, 0.05) is 13.5 Å². The van der Waals surface area contributed by atoms with Crippen molar-refractivity contribution >= 4 is 40.1 Å². The molecule has 7 heteroatoms. The lowest BCUT2D eigenvalue weighted by atomic mass is 10.2. The third kappa shape index (κ3) is 4.06. The van der Waals surface area contributed by atoms with Gasteiger partial charge in [0.25, 0.3) is 0 Å². The fourth-order valence-corrected chi connectivity index (χ4v) is 3.50. The van der Waals surface area contributed by atoms with E-state index in [9.17, 15) is 14.0 Å². The number of halogens is 1. The highest BCUT2D eigenvalue weighted by Crippen LogP contribution is 2.30. The maximum Gasteiger partial charge on any atom is 0.242 e. The number of aliphatic imine (C=N–C) groups is 1. The minimum atomic E-state index is -0.570. The van der Waals surface area contributed by atoms with E-state index in [1.165, 1.54) is 28.8 Å². The van der Waals surface area contributed by atoms with Crippen molar-refractivity contribution in [2.75, 3.05) is 12.4 Å². The Bertz CT molecular complexity index is 826. The fraction of sp³-hybridized carbons (Fsp3) is 0.167. The van der Waals surface area contributed by atoms with Crippen molar-refractivity contribution in [3.05, 3.63) is 60.4 Å². The highest BCUT2D eigenvalue weighted by molar-refractivity contribution is 8.15. The molecule has 0 unspecified atom stereocenters. The first-order valence-corrected chi connectivity index (χ1v) is 8.55. The highest BCUT2D eigenvalue weighted by Gasteiger charge is 2.37. The molecule has 1 heterocycles. The van der Waals surface area contributed by atoms with Crippen LogP contribution < -0.4 is 5.32 Å². The second-order valence-corrected chi connectivity index (χ2v) is 6.64. The zero-order valence-corrected chi connectivity index (χ0v) is 14.3. The molecule has 3 rings (SSSR count). The molecular formula is C18H16FN3O2S. The number of thioether (sulfide) groups is 1. The van der Waals surface area contributed by atoms with Crippen molar-refractivity contribution in [2.24, 2.45) is 4.99 Å². The highest BCUT2D eigenvalue weighted by atomic mass is 32.2. The zero-order chi connectivity index (χ0) is 17.8. The Morgan fingerprint density at radius 1 is 1.20 bits per heavy atom. The Kier molecular flexibility index (Phi) is 5.14. The molecule has 1 aliphatic heterocycles. The summed E-state index contributed by atoms with van der Waals surface area (Å²) in [7, 11) is 1.63. The standard InChI is InChI=1S/C18H16FN3O2S/c1-22-17(24)15(25-18(22)20-12-7-3-2-4-8-12)11-16(23)21-14-10-6-5-9-13(14)19/h2-10,15H,11H2,1H3,(H,21,23)/t15-/m0/s1. The maximum absolute atomic E-state index is 13.6. The molecule has 2 amide bonds. The van der Waals surface area contributed by atoms with Gasteiger partial charge in [0.2, 0.25) is 11.8 Å². The number of amidine groups is 1. The van der Waals surface area contributed by atoms with E-state index in [1.54, 1.807) is 19.2 Å². The molecule has 1 atom stereocenters. The van der Waals surface area contributed by atoms with Gasteiger partial charge in [0.1, 0.15) is 11.1 Å². The number of nitrogens with zero attached hydrogens (tertiary/aromatic N) is 2. The molecule has 0 radical (unpaired) electrons. The predicted molar refractivity (Wildman–Crippen MR) is 97.3 cm³/mol. The first-order valence-electron chi connectivity index (χ1n) is 7.67. The third-order valence-electron chi connectivity index (χ3n) is 3.64. The van der Waals surface area contributed by atoms with Crippen LogP contribution in [-0.2, 0) is 9.59 Å². The van der Waals surface area contributed by atoms with E-state index in [4.69, 9.17) is 0 Å². The average molecular weight is 357 g/mol. The lowest BCUT2D eigenvalue weighted by Crippen LogP contribution is -2.30. The monoisotopic (exact) mass is 357 g/mol. The van der Waals surface area contributed by atoms with E-state index in [0.29, 0.717) is 5.17 Å². The van der Waals surface area contributed by atoms with Crippen LogP contribution in [0.1, 0.15) is 6.42 Å². The van der Waals surface area contributed by atoms with Crippen LogP contribution in [0.5, 0.6) is 0 Å². The normalized spacial score (nSPS) is 18.6. The SMILES string of the molecule is CN1C(=O)[C@H](CC(=O)Nc2ccccc2F)SC1=Nc1ccccc1. The van der Waals surface area contributed by atoms with Gasteiger partial charge in [0.15, 0.2) is 5.17 Å². The average Bonchev–Trinajstić information content (AvgIpc) is 2.86.